The van der Waals surface area contributed by atoms with E-state index in [4.69, 9.17) is 28.9 Å². The van der Waals surface area contributed by atoms with E-state index >= 15 is 0 Å². The van der Waals surface area contributed by atoms with Gasteiger partial charge in [-0.1, -0.05) is 30.1 Å². The highest BCUT2D eigenvalue weighted by Gasteiger charge is 2.12. The monoisotopic (exact) mass is 255 g/mol. The molecule has 2 aromatic rings. The number of hydrogen-bond acceptors (Lipinski definition) is 2. The summed E-state index contributed by atoms with van der Waals surface area (Å²) in [5.74, 6) is 0.911. The summed E-state index contributed by atoms with van der Waals surface area (Å²) in [6.07, 6.45) is 4.37. The molecule has 0 saturated heterocycles. The lowest BCUT2D eigenvalue weighted by molar-refractivity contribution is 0.892. The van der Waals surface area contributed by atoms with E-state index in [0.717, 1.165) is 17.9 Å². The predicted octanol–water partition coefficient (Wildman–Crippen LogP) is 3.32. The maximum atomic E-state index is 6.14. The topological polar surface area (TPSA) is 43.8 Å². The van der Waals surface area contributed by atoms with Crippen LogP contribution in [0.2, 0.25) is 10.0 Å². The molecule has 0 aliphatic rings. The molecule has 0 spiro atoms. The van der Waals surface area contributed by atoms with E-state index in [9.17, 15) is 0 Å². The molecule has 0 saturated carbocycles. The van der Waals surface area contributed by atoms with E-state index in [1.165, 1.54) is 0 Å². The average Bonchev–Trinajstić information content (AvgIpc) is 2.64. The molecule has 0 atom stereocenters. The van der Waals surface area contributed by atoms with Crippen LogP contribution in [-0.2, 0) is 6.42 Å². The van der Waals surface area contributed by atoms with Gasteiger partial charge in [-0.15, -0.1) is 0 Å². The van der Waals surface area contributed by atoms with Gasteiger partial charge in [0.25, 0.3) is 0 Å². The maximum Gasteiger partial charge on any atom is 0.112 e. The van der Waals surface area contributed by atoms with Gasteiger partial charge in [0.15, 0.2) is 0 Å². The van der Waals surface area contributed by atoms with Crippen molar-refractivity contribution in [3.63, 3.8) is 0 Å². The molecule has 5 heteroatoms. The van der Waals surface area contributed by atoms with Crippen LogP contribution in [0.5, 0.6) is 0 Å². The minimum Gasteiger partial charge on any atom is -0.399 e. The number of hydrogen-bond donors (Lipinski definition) is 1. The van der Waals surface area contributed by atoms with Gasteiger partial charge in [0.05, 0.1) is 15.7 Å². The van der Waals surface area contributed by atoms with Crippen molar-refractivity contribution in [3.8, 4) is 5.69 Å². The van der Waals surface area contributed by atoms with Crippen LogP contribution in [0, 0.1) is 0 Å². The van der Waals surface area contributed by atoms with Crippen LogP contribution in [0.1, 0.15) is 12.7 Å². The van der Waals surface area contributed by atoms with Gasteiger partial charge in [-0.25, -0.2) is 4.98 Å². The molecule has 2 N–H and O–H groups in total. The van der Waals surface area contributed by atoms with Gasteiger partial charge in [-0.05, 0) is 12.1 Å². The van der Waals surface area contributed by atoms with Crippen LogP contribution in [0.15, 0.2) is 24.5 Å². The Morgan fingerprint density at radius 1 is 1.31 bits per heavy atom. The summed E-state index contributed by atoms with van der Waals surface area (Å²) in [5.41, 5.74) is 6.94. The Morgan fingerprint density at radius 3 is 2.50 bits per heavy atom. The van der Waals surface area contributed by atoms with E-state index in [-0.39, 0.29) is 0 Å². The van der Waals surface area contributed by atoms with Crippen LogP contribution >= 0.6 is 23.2 Å². The highest BCUT2D eigenvalue weighted by Crippen LogP contribution is 2.31. The molecule has 1 aromatic carbocycles. The van der Waals surface area contributed by atoms with Gasteiger partial charge >= 0.3 is 0 Å². The number of aromatic nitrogens is 2. The third kappa shape index (κ3) is 1.88. The summed E-state index contributed by atoms with van der Waals surface area (Å²) in [7, 11) is 0. The van der Waals surface area contributed by atoms with E-state index in [0.29, 0.717) is 15.7 Å². The number of anilines is 1. The van der Waals surface area contributed by atoms with E-state index < -0.39 is 0 Å². The molecule has 1 aromatic heterocycles. The summed E-state index contributed by atoms with van der Waals surface area (Å²) in [4.78, 5) is 4.23. The second kappa shape index (κ2) is 4.36. The Morgan fingerprint density at radius 2 is 1.94 bits per heavy atom. The Balaban J connectivity index is 2.64. The molecule has 2 rings (SSSR count). The number of halogens is 2. The lowest BCUT2D eigenvalue weighted by Gasteiger charge is -2.11. The van der Waals surface area contributed by atoms with Crippen molar-refractivity contribution in [3.05, 3.63) is 40.4 Å². The Bertz CT molecular complexity index is 497. The van der Waals surface area contributed by atoms with Crippen LogP contribution in [0.3, 0.4) is 0 Å². The summed E-state index contributed by atoms with van der Waals surface area (Å²) >= 11 is 12.3. The second-order valence-corrected chi connectivity index (χ2v) is 4.21. The quantitative estimate of drug-likeness (QED) is 0.837. The first-order chi connectivity index (χ1) is 7.63. The van der Waals surface area contributed by atoms with Crippen molar-refractivity contribution in [2.24, 2.45) is 0 Å². The highest BCUT2D eigenvalue weighted by molar-refractivity contribution is 6.38. The molecule has 3 nitrogen and oxygen atoms in total. The fourth-order valence-corrected chi connectivity index (χ4v) is 2.30. The Labute approximate surface area is 104 Å². The van der Waals surface area contributed by atoms with Gasteiger partial charge in [0.2, 0.25) is 0 Å². The zero-order valence-corrected chi connectivity index (χ0v) is 10.3. The van der Waals surface area contributed by atoms with Gasteiger partial charge in [-0.2, -0.15) is 0 Å². The summed E-state index contributed by atoms with van der Waals surface area (Å²) in [6, 6.07) is 3.37. The van der Waals surface area contributed by atoms with Gasteiger partial charge in [-0.3, -0.25) is 0 Å². The van der Waals surface area contributed by atoms with Gasteiger partial charge < -0.3 is 10.3 Å². The fourth-order valence-electron chi connectivity index (χ4n) is 1.61. The summed E-state index contributed by atoms with van der Waals surface area (Å²) in [6.45, 7) is 2.03. The van der Waals surface area contributed by atoms with E-state index in [2.05, 4.69) is 4.98 Å². The SMILES string of the molecule is CCc1nccn1-c1c(Cl)cc(N)cc1Cl. The molecular formula is C11H11Cl2N3. The van der Waals surface area contributed by atoms with Crippen LogP contribution in [0.4, 0.5) is 5.69 Å². The minimum absolute atomic E-state index is 0.526. The Hall–Kier alpha value is -1.19. The standard InChI is InChI=1S/C11H11Cl2N3/c1-2-10-15-3-4-16(10)11-8(12)5-7(14)6-9(11)13/h3-6H,2,14H2,1H3. The smallest absolute Gasteiger partial charge is 0.112 e. The molecule has 0 aliphatic heterocycles. The van der Waals surface area contributed by atoms with E-state index in [1.807, 2.05) is 17.7 Å². The minimum atomic E-state index is 0.526. The molecule has 0 unspecified atom stereocenters. The van der Waals surface area contributed by atoms with Crippen LogP contribution in [-0.4, -0.2) is 9.55 Å². The predicted molar refractivity (Wildman–Crippen MR) is 67.4 cm³/mol. The number of aryl methyl sites for hydroxylation is 1. The third-order valence-corrected chi connectivity index (χ3v) is 2.89. The summed E-state index contributed by atoms with van der Waals surface area (Å²) < 4.78 is 1.88. The molecular weight excluding hydrogens is 245 g/mol. The third-order valence-electron chi connectivity index (χ3n) is 2.31. The van der Waals surface area contributed by atoms with Gasteiger partial charge in [0, 0.05) is 24.5 Å². The number of nitrogen functional groups attached to an aromatic ring is 1. The highest BCUT2D eigenvalue weighted by atomic mass is 35.5. The summed E-state index contributed by atoms with van der Waals surface area (Å²) in [5, 5.41) is 1.05. The first kappa shape index (κ1) is 11.3. The Kier molecular flexibility index (Phi) is 3.08. The van der Waals surface area contributed by atoms with Crippen molar-refractivity contribution >= 4 is 28.9 Å². The molecule has 0 amide bonds. The molecule has 84 valence electrons. The zero-order chi connectivity index (χ0) is 11.7. The lowest BCUT2D eigenvalue weighted by Crippen LogP contribution is -2.01. The normalized spacial score (nSPS) is 10.7. The zero-order valence-electron chi connectivity index (χ0n) is 8.74. The molecule has 0 bridgehead atoms. The molecule has 0 fully saturated rings. The van der Waals surface area contributed by atoms with Crippen molar-refractivity contribution in [2.45, 2.75) is 13.3 Å². The average molecular weight is 256 g/mol. The number of rotatable bonds is 2. The van der Waals surface area contributed by atoms with Crippen LogP contribution < -0.4 is 5.73 Å². The molecule has 0 radical (unpaired) electrons. The number of benzene rings is 1. The van der Waals surface area contributed by atoms with Gasteiger partial charge in [0.1, 0.15) is 5.82 Å². The van der Waals surface area contributed by atoms with Crippen LogP contribution in [0.25, 0.3) is 5.69 Å². The van der Waals surface area contributed by atoms with E-state index in [1.54, 1.807) is 18.3 Å². The number of nitrogens with zero attached hydrogens (tertiary/aromatic N) is 2. The molecule has 0 aliphatic carbocycles. The van der Waals surface area contributed by atoms with Crippen molar-refractivity contribution < 1.29 is 0 Å². The largest absolute Gasteiger partial charge is 0.399 e. The second-order valence-electron chi connectivity index (χ2n) is 3.40. The molecule has 1 heterocycles. The first-order valence-electron chi connectivity index (χ1n) is 4.90. The van der Waals surface area contributed by atoms with Crippen molar-refractivity contribution in [1.82, 2.24) is 9.55 Å². The van der Waals surface area contributed by atoms with Crippen molar-refractivity contribution in [1.29, 1.82) is 0 Å². The fraction of sp³-hybridized carbons (Fsp3) is 0.182. The number of nitrogens with two attached hydrogens (primary N) is 1. The first-order valence-corrected chi connectivity index (χ1v) is 5.66. The van der Waals surface area contributed by atoms with Crippen molar-refractivity contribution in [2.75, 3.05) is 5.73 Å². The lowest BCUT2D eigenvalue weighted by atomic mass is 10.2. The maximum absolute atomic E-state index is 6.14. The number of imidazole rings is 1. The molecule has 16 heavy (non-hydrogen) atoms.